The summed E-state index contributed by atoms with van der Waals surface area (Å²) in [5.74, 6) is 8.96. The number of carbonyl (C=O) groups is 9. The van der Waals surface area contributed by atoms with Crippen LogP contribution >= 0.6 is 0 Å². The lowest BCUT2D eigenvalue weighted by molar-refractivity contribution is -0.154. The van der Waals surface area contributed by atoms with Gasteiger partial charge in [0.1, 0.15) is 50.0 Å². The molecule has 9 aliphatic carbocycles. The van der Waals surface area contributed by atoms with Gasteiger partial charge in [0, 0.05) is 69.5 Å². The standard InChI is InChI=1S/C23H29N3O4.C22H26N4O3.C15H20N4O3.C14H19N5O6S.C14H18N4O3.C8H12O2/c27-20(17-11-23(12-17)9-4-10-23)13-24-21(28)19-8-7-18-14-25(19)22(29)26(18)30-15-16-5-2-1-3-6-16;27-21-25-13-17(26(21)28-14-15-5-2-1-3-6-15)7-8-18(25)20-24-23-19(29-20)16-11-22(12-16)9-4-10-22;20-14-18-8-10(19(14)21)2-3-11(18)13-17-16-12(22-13)9-6-15(7-9)4-1-5-15;20-13-18-5-9(19(13)25-26(21,22)23)1-2-10(18)12-17-16-11(24-12)8-3-14(4-8)6-15-7-14;15-16-13(19)12-7-6-11-8-17(12)14(20)18(11)21-9-10-4-2-1-3-5-10;9-7(10)6-4-8(5-6)2-1-3-8/h1-3,5-6,17-19H,4,7-15H2,(H,24,28);1-3,5-6,16-18H,4,7-14H2;9-11,21H,1-8H2;8-10,15H,1-7H2,(H,21,22,23);1-5,11-12H,6-9,15H2,(H,16,19);6H,1-5H2,(H,9,10)/t18-,19+;17-,18+;10-,11+;9-,10+;11-,12+;/m11111./s1. The van der Waals surface area contributed by atoms with Crippen LogP contribution < -0.4 is 21.9 Å². The molecule has 42 heteroatoms. The second-order valence-electron chi connectivity index (χ2n) is 42.8. The van der Waals surface area contributed by atoms with Gasteiger partial charge in [0.25, 0.3) is 5.91 Å². The zero-order valence-corrected chi connectivity index (χ0v) is 78.4. The normalized spacial score (nSPS) is 30.2. The number of carboxylic acids is 1. The Kier molecular flexibility index (Phi) is 25.7. The summed E-state index contributed by atoms with van der Waals surface area (Å²) >= 11 is 0. The van der Waals surface area contributed by atoms with E-state index >= 15 is 0 Å². The molecular formula is C96H124N20O21S. The molecule has 740 valence electrons. The van der Waals surface area contributed by atoms with E-state index in [1.807, 2.05) is 95.9 Å². The number of benzene rings is 3. The van der Waals surface area contributed by atoms with Gasteiger partial charge in [-0.1, -0.05) is 117 Å². The minimum absolute atomic E-state index is 0.000278. The summed E-state index contributed by atoms with van der Waals surface area (Å²) in [5.41, 5.74) is 7.70. The van der Waals surface area contributed by atoms with Crippen LogP contribution in [0, 0.1) is 38.9 Å². The second kappa shape index (κ2) is 38.0. The number of hydrogen-bond donors (Lipinski definition) is 7. The lowest BCUT2D eigenvalue weighted by Crippen LogP contribution is -2.59. The molecule has 26 rings (SSSR count). The molecule has 11 aliphatic heterocycles. The van der Waals surface area contributed by atoms with Gasteiger partial charge in [-0.3, -0.25) is 48.9 Å². The van der Waals surface area contributed by atoms with Crippen LogP contribution in [-0.4, -0.2) is 252 Å². The molecule has 41 nitrogen and oxygen atoms in total. The third kappa shape index (κ3) is 18.6. The SMILES string of the molecule is NNC(=O)[C@@H]1CC[C@@H]2CN1C(=O)N2OCc1ccccc1.O=C(CNC(=O)[C@@H]1CC[C@@H]2CN1C(=O)N2OCc1ccccc1)C1CC2(CCC2)C1.O=C(O)C1CC2(CCC2)C1.O=C1N(O)[C@@H]2CC[C@@H](c3nnc(C4CC5(CCC5)C4)o3)N1C2.O=C1N2C[C@@H](CC[C@H]2c2nnc(C3CC4(CCC4)C3)o2)N1OCc1ccccc1.O=C1N2C[C@@H](CC[C@H]2c2nnc(C3CC4(CNC4)C3)o2)N1OS(=O)(=O)O. The van der Waals surface area contributed by atoms with Crippen molar-refractivity contribution in [3.8, 4) is 0 Å². The zero-order chi connectivity index (χ0) is 95.2. The van der Waals surface area contributed by atoms with Crippen molar-refractivity contribution in [1.29, 1.82) is 0 Å². The molecule has 12 amide bonds. The summed E-state index contributed by atoms with van der Waals surface area (Å²) in [6, 6.07) is 25.5. The number of aromatic nitrogens is 6. The Balaban J connectivity index is 0.000000101. The van der Waals surface area contributed by atoms with E-state index in [0.717, 1.165) is 117 Å². The highest BCUT2D eigenvalue weighted by atomic mass is 32.3. The highest BCUT2D eigenvalue weighted by molar-refractivity contribution is 7.80. The van der Waals surface area contributed by atoms with E-state index in [-0.39, 0.29) is 109 Å². The first-order chi connectivity index (χ1) is 66.7. The minimum atomic E-state index is -4.75. The van der Waals surface area contributed by atoms with Gasteiger partial charge in [-0.2, -0.15) is 28.7 Å². The van der Waals surface area contributed by atoms with E-state index < -0.39 is 46.6 Å². The Bertz CT molecular complexity index is 5580. The number of carbonyl (C=O) groups excluding carboxylic acids is 8. The predicted octanol–water partition coefficient (Wildman–Crippen LogP) is 11.5. The molecule has 11 saturated heterocycles. The topological polar surface area (TPSA) is 497 Å². The number of amides is 12. The lowest BCUT2D eigenvalue weighted by Gasteiger charge is -2.53. The van der Waals surface area contributed by atoms with E-state index in [1.165, 1.54) is 123 Å². The van der Waals surface area contributed by atoms with Gasteiger partial charge in [-0.15, -0.1) is 34.9 Å². The summed E-state index contributed by atoms with van der Waals surface area (Å²) < 4.78 is 53.0. The van der Waals surface area contributed by atoms with Crippen LogP contribution in [0.5, 0.6) is 0 Å². The fraction of sp³-hybridized carbons (Fsp3) is 0.656. The number of hydroxylamine groups is 10. The van der Waals surface area contributed by atoms with E-state index in [1.54, 1.807) is 14.9 Å². The zero-order valence-electron chi connectivity index (χ0n) is 77.6. The van der Waals surface area contributed by atoms with Crippen LogP contribution in [0.1, 0.15) is 293 Å². The molecule has 9 saturated carbocycles. The van der Waals surface area contributed by atoms with Gasteiger partial charge in [0.2, 0.25) is 41.3 Å². The molecule has 3 aromatic carbocycles. The summed E-state index contributed by atoms with van der Waals surface area (Å²) in [7, 11) is -4.75. The number of ketones is 1. The van der Waals surface area contributed by atoms with E-state index in [4.69, 9.17) is 43.3 Å². The number of fused-ring (bicyclic) bond motifs is 10. The largest absolute Gasteiger partial charge is 0.481 e. The smallest absolute Gasteiger partial charge is 0.418 e. The maximum absolute atomic E-state index is 13.0. The number of rotatable bonds is 23. The molecule has 14 heterocycles. The molecule has 138 heavy (non-hydrogen) atoms. The van der Waals surface area contributed by atoms with Crippen molar-refractivity contribution >= 4 is 64.1 Å². The Morgan fingerprint density at radius 3 is 1.11 bits per heavy atom. The Morgan fingerprint density at radius 1 is 0.413 bits per heavy atom. The van der Waals surface area contributed by atoms with Crippen molar-refractivity contribution in [2.24, 2.45) is 44.8 Å². The van der Waals surface area contributed by atoms with Gasteiger partial charge in [-0.05, 0) is 224 Å². The first-order valence-corrected chi connectivity index (χ1v) is 51.1. The number of nitrogens with zero attached hydrogens (tertiary/aromatic N) is 16. The monoisotopic (exact) mass is 1920 g/mol. The molecule has 10 bridgehead atoms. The summed E-state index contributed by atoms with van der Waals surface area (Å²) in [6.07, 6.45) is 33.5. The quantitative estimate of drug-likeness (QED) is 0.0103. The third-order valence-corrected chi connectivity index (χ3v) is 34.5. The fourth-order valence-corrected chi connectivity index (χ4v) is 25.9. The first-order valence-electron chi connectivity index (χ1n) is 49.8. The van der Waals surface area contributed by atoms with Crippen molar-refractivity contribution < 1.29 is 98.5 Å². The number of piperidine rings is 5. The minimum Gasteiger partial charge on any atom is -0.481 e. The van der Waals surface area contributed by atoms with Crippen LogP contribution in [0.15, 0.2) is 104 Å². The maximum Gasteiger partial charge on any atom is 0.418 e. The number of nitrogens with one attached hydrogen (secondary N) is 3. The molecule has 6 aromatic rings. The van der Waals surface area contributed by atoms with E-state index in [9.17, 15) is 56.8 Å². The number of nitrogens with two attached hydrogens (primary N) is 1. The van der Waals surface area contributed by atoms with Crippen LogP contribution in [0.3, 0.4) is 0 Å². The highest BCUT2D eigenvalue weighted by Crippen LogP contribution is 2.64. The third-order valence-electron chi connectivity index (χ3n) is 34.2. The van der Waals surface area contributed by atoms with Gasteiger partial charge < -0.3 is 53.5 Å². The fourth-order valence-electron chi connectivity index (χ4n) is 25.5. The molecule has 3 aromatic heterocycles. The summed E-state index contributed by atoms with van der Waals surface area (Å²) in [6.45, 7) is 5.71. The average Bonchev–Trinajstić information content (AvgIpc) is 1.38. The second-order valence-corrected chi connectivity index (χ2v) is 43.9. The molecule has 20 fully saturated rings. The Labute approximate surface area is 798 Å². The maximum atomic E-state index is 13.0. The molecule has 20 aliphatic rings. The number of hydrogen-bond acceptors (Lipinski definition) is 27. The predicted molar refractivity (Wildman–Crippen MR) is 481 cm³/mol. The van der Waals surface area contributed by atoms with Gasteiger partial charge in [0.05, 0.1) is 42.7 Å². The van der Waals surface area contributed by atoms with E-state index in [0.29, 0.717) is 146 Å². The number of Topliss-reactive ketones (excluding diaryl/α,β-unsaturated/α-hetero) is 1. The van der Waals surface area contributed by atoms with Gasteiger partial charge in [0.15, 0.2) is 5.78 Å². The van der Waals surface area contributed by atoms with Gasteiger partial charge >= 0.3 is 46.5 Å². The average molecular weight is 1930 g/mol. The number of urea groups is 5. The van der Waals surface area contributed by atoms with Crippen LogP contribution in [0.25, 0.3) is 0 Å². The highest BCUT2D eigenvalue weighted by Gasteiger charge is 2.59. The molecular weight excluding hydrogens is 1800 g/mol. The van der Waals surface area contributed by atoms with Crippen molar-refractivity contribution in [1.82, 2.24) is 96.5 Å². The number of carboxylic acid groups (broad SMARTS) is 1. The van der Waals surface area contributed by atoms with Gasteiger partial charge in [-0.25, -0.2) is 34.9 Å². The molecule has 0 radical (unpaired) electrons. The van der Waals surface area contributed by atoms with Crippen molar-refractivity contribution in [3.63, 3.8) is 0 Å². The summed E-state index contributed by atoms with van der Waals surface area (Å²) in [5, 5.41) is 55.8. The van der Waals surface area contributed by atoms with Crippen LogP contribution in [-0.2, 0) is 68.2 Å². The van der Waals surface area contributed by atoms with Crippen LogP contribution in [0.4, 0.5) is 24.0 Å². The molecule has 10 atom stereocenters. The lowest BCUT2D eigenvalue weighted by atomic mass is 9.51. The van der Waals surface area contributed by atoms with Crippen molar-refractivity contribution in [2.75, 3.05) is 52.4 Å². The van der Waals surface area contributed by atoms with Crippen molar-refractivity contribution in [3.05, 3.63) is 143 Å². The van der Waals surface area contributed by atoms with Crippen molar-refractivity contribution in [2.45, 2.75) is 303 Å². The molecule has 8 N–H and O–H groups in total. The van der Waals surface area contributed by atoms with Crippen LogP contribution in [0.2, 0.25) is 0 Å². The molecule has 5 spiro atoms. The number of hydrazine groups is 1. The Hall–Kier alpha value is -10.9. The summed E-state index contributed by atoms with van der Waals surface area (Å²) in [4.78, 5) is 135. The number of aliphatic carboxylic acids is 1. The molecule has 0 unspecified atom stereocenters. The van der Waals surface area contributed by atoms with E-state index in [2.05, 4.69) is 50.9 Å². The first kappa shape index (κ1) is 93.4. The Morgan fingerprint density at radius 2 is 0.739 bits per heavy atom.